The molecule has 0 spiro atoms. The second-order valence-corrected chi connectivity index (χ2v) is 9.14. The molecule has 0 radical (unpaired) electrons. The molecular formula is C26H30N4O2S. The number of rotatable bonds is 7. The number of amides is 1. The SMILES string of the molecule is C=CCn1c(=S)[nH]c2cc(C(=O)NCC(c3ccccc3)N3CCC(C)CC3)ccc2c1=O. The zero-order valence-corrected chi connectivity index (χ0v) is 19.7. The number of likely N-dealkylation sites (tertiary alicyclic amines) is 1. The van der Waals surface area contributed by atoms with E-state index in [4.69, 9.17) is 12.2 Å². The lowest BCUT2D eigenvalue weighted by molar-refractivity contribution is 0.0913. The van der Waals surface area contributed by atoms with Crippen LogP contribution in [-0.2, 0) is 6.54 Å². The van der Waals surface area contributed by atoms with Gasteiger partial charge in [0.05, 0.1) is 16.9 Å². The molecule has 0 bridgehead atoms. The Bertz CT molecular complexity index is 1260. The third kappa shape index (κ3) is 5.15. The lowest BCUT2D eigenvalue weighted by atomic mass is 9.95. The first-order chi connectivity index (χ1) is 16.0. The first-order valence-electron chi connectivity index (χ1n) is 11.4. The van der Waals surface area contributed by atoms with Crippen LogP contribution in [0.2, 0.25) is 0 Å². The lowest BCUT2D eigenvalue weighted by Gasteiger charge is -2.37. The van der Waals surface area contributed by atoms with Crippen molar-refractivity contribution < 1.29 is 4.79 Å². The van der Waals surface area contributed by atoms with Crippen molar-refractivity contribution in [2.24, 2.45) is 5.92 Å². The summed E-state index contributed by atoms with van der Waals surface area (Å²) in [7, 11) is 0. The molecule has 1 atom stereocenters. The molecule has 6 nitrogen and oxygen atoms in total. The van der Waals surface area contributed by atoms with Gasteiger partial charge in [-0.15, -0.1) is 6.58 Å². The number of fused-ring (bicyclic) bond motifs is 1. The number of hydrogen-bond acceptors (Lipinski definition) is 4. The summed E-state index contributed by atoms with van der Waals surface area (Å²) in [4.78, 5) is 31.3. The van der Waals surface area contributed by atoms with E-state index in [1.807, 2.05) is 18.2 Å². The molecule has 2 heterocycles. The van der Waals surface area contributed by atoms with Gasteiger partial charge in [-0.1, -0.05) is 43.3 Å². The Morgan fingerprint density at radius 1 is 1.24 bits per heavy atom. The van der Waals surface area contributed by atoms with Crippen LogP contribution >= 0.6 is 12.2 Å². The van der Waals surface area contributed by atoms with E-state index in [1.54, 1.807) is 24.3 Å². The minimum atomic E-state index is -0.191. The van der Waals surface area contributed by atoms with Gasteiger partial charge < -0.3 is 10.3 Å². The highest BCUT2D eigenvalue weighted by Crippen LogP contribution is 2.26. The van der Waals surface area contributed by atoms with Crippen molar-refractivity contribution in [3.8, 4) is 0 Å². The van der Waals surface area contributed by atoms with Crippen molar-refractivity contribution in [2.45, 2.75) is 32.4 Å². The van der Waals surface area contributed by atoms with Crippen molar-refractivity contribution in [1.29, 1.82) is 0 Å². The van der Waals surface area contributed by atoms with Gasteiger partial charge in [-0.25, -0.2) is 0 Å². The number of benzene rings is 2. The van der Waals surface area contributed by atoms with E-state index in [0.717, 1.165) is 19.0 Å². The molecule has 1 aromatic heterocycles. The van der Waals surface area contributed by atoms with Crippen LogP contribution in [0.1, 0.15) is 41.7 Å². The first kappa shape index (κ1) is 23.1. The Hall–Kier alpha value is -3.03. The number of carbonyl (C=O) groups excluding carboxylic acids is 1. The van der Waals surface area contributed by atoms with Crippen LogP contribution in [0.15, 0.2) is 66.0 Å². The second-order valence-electron chi connectivity index (χ2n) is 8.75. The fraction of sp³-hybridized carbons (Fsp3) is 0.346. The van der Waals surface area contributed by atoms with Gasteiger partial charge in [0.2, 0.25) is 0 Å². The maximum atomic E-state index is 13.0. The molecule has 1 unspecified atom stereocenters. The van der Waals surface area contributed by atoms with Crippen molar-refractivity contribution in [3.63, 3.8) is 0 Å². The van der Waals surface area contributed by atoms with E-state index in [9.17, 15) is 9.59 Å². The molecule has 0 aliphatic carbocycles. The van der Waals surface area contributed by atoms with E-state index in [1.165, 1.54) is 23.0 Å². The smallest absolute Gasteiger partial charge is 0.262 e. The van der Waals surface area contributed by atoms with Crippen molar-refractivity contribution in [2.75, 3.05) is 19.6 Å². The van der Waals surface area contributed by atoms with Gasteiger partial charge in [0.15, 0.2) is 4.77 Å². The topological polar surface area (TPSA) is 70.1 Å². The molecule has 7 heteroatoms. The van der Waals surface area contributed by atoms with E-state index in [2.05, 4.69) is 40.8 Å². The third-order valence-electron chi connectivity index (χ3n) is 6.46. The molecule has 1 amide bonds. The number of piperidine rings is 1. The molecule has 1 aliphatic rings. The summed E-state index contributed by atoms with van der Waals surface area (Å²) in [6.07, 6.45) is 3.97. The van der Waals surface area contributed by atoms with Crippen molar-refractivity contribution in [1.82, 2.24) is 19.8 Å². The van der Waals surface area contributed by atoms with Crippen LogP contribution in [0, 0.1) is 10.7 Å². The number of H-pyrrole nitrogens is 1. The Morgan fingerprint density at radius 3 is 2.67 bits per heavy atom. The molecule has 4 rings (SSSR count). The molecule has 1 saturated heterocycles. The number of allylic oxidation sites excluding steroid dienone is 1. The summed E-state index contributed by atoms with van der Waals surface area (Å²) >= 11 is 5.32. The Morgan fingerprint density at radius 2 is 1.97 bits per heavy atom. The number of nitrogens with one attached hydrogen (secondary N) is 2. The Labute approximate surface area is 198 Å². The predicted octanol–water partition coefficient (Wildman–Crippen LogP) is 4.45. The highest BCUT2D eigenvalue weighted by atomic mass is 32.1. The van der Waals surface area contributed by atoms with Crippen LogP contribution in [-0.4, -0.2) is 40.0 Å². The zero-order chi connectivity index (χ0) is 23.4. The average molecular weight is 463 g/mol. The van der Waals surface area contributed by atoms with Gasteiger partial charge in [-0.2, -0.15) is 0 Å². The molecule has 172 valence electrons. The van der Waals surface area contributed by atoms with Gasteiger partial charge in [-0.05, 0) is 67.8 Å². The normalized spacial score (nSPS) is 15.9. The number of nitrogens with zero attached hydrogens (tertiary/aromatic N) is 2. The van der Waals surface area contributed by atoms with Crippen molar-refractivity contribution in [3.05, 3.63) is 87.4 Å². The highest BCUT2D eigenvalue weighted by Gasteiger charge is 2.25. The molecule has 2 aromatic carbocycles. The highest BCUT2D eigenvalue weighted by molar-refractivity contribution is 7.71. The van der Waals surface area contributed by atoms with Crippen LogP contribution in [0.5, 0.6) is 0 Å². The Balaban J connectivity index is 1.54. The van der Waals surface area contributed by atoms with Crippen LogP contribution in [0.3, 0.4) is 0 Å². The fourth-order valence-electron chi connectivity index (χ4n) is 4.46. The molecule has 3 aromatic rings. The standard InChI is InChI=1S/C26H30N4O2S/c1-3-13-30-25(32)21-10-9-20(16-22(21)28-26(30)33)24(31)27-17-23(19-7-5-4-6-8-19)29-14-11-18(2)12-15-29/h3-10,16,18,23H,1,11-15,17H2,2H3,(H,27,31)(H,28,33). The molecule has 1 fully saturated rings. The third-order valence-corrected chi connectivity index (χ3v) is 6.78. The molecule has 2 N–H and O–H groups in total. The number of aromatic nitrogens is 2. The predicted molar refractivity (Wildman–Crippen MR) is 135 cm³/mol. The summed E-state index contributed by atoms with van der Waals surface area (Å²) in [5, 5.41) is 3.61. The minimum Gasteiger partial charge on any atom is -0.350 e. The van der Waals surface area contributed by atoms with Gasteiger partial charge >= 0.3 is 0 Å². The van der Waals surface area contributed by atoms with Crippen molar-refractivity contribution >= 4 is 29.0 Å². The monoisotopic (exact) mass is 462 g/mol. The number of aromatic amines is 1. The zero-order valence-electron chi connectivity index (χ0n) is 18.9. The summed E-state index contributed by atoms with van der Waals surface area (Å²) in [5.74, 6) is 0.573. The summed E-state index contributed by atoms with van der Waals surface area (Å²) in [6.45, 7) is 8.88. The van der Waals surface area contributed by atoms with Crippen LogP contribution < -0.4 is 10.9 Å². The molecule has 1 aliphatic heterocycles. The quantitative estimate of drug-likeness (QED) is 0.402. The number of hydrogen-bond donors (Lipinski definition) is 2. The van der Waals surface area contributed by atoms with Gasteiger partial charge in [0.25, 0.3) is 11.5 Å². The van der Waals surface area contributed by atoms with Gasteiger partial charge in [0.1, 0.15) is 0 Å². The second kappa shape index (κ2) is 10.3. The maximum absolute atomic E-state index is 13.0. The summed E-state index contributed by atoms with van der Waals surface area (Å²) in [6, 6.07) is 15.5. The van der Waals surface area contributed by atoms with Crippen LogP contribution in [0.4, 0.5) is 0 Å². The number of carbonyl (C=O) groups is 1. The van der Waals surface area contributed by atoms with E-state index < -0.39 is 0 Å². The van der Waals surface area contributed by atoms with Gasteiger partial charge in [-0.3, -0.25) is 19.1 Å². The fourth-order valence-corrected chi connectivity index (χ4v) is 4.72. The minimum absolute atomic E-state index is 0.125. The molecule has 33 heavy (non-hydrogen) atoms. The van der Waals surface area contributed by atoms with E-state index in [0.29, 0.717) is 34.3 Å². The largest absolute Gasteiger partial charge is 0.350 e. The van der Waals surface area contributed by atoms with Crippen LogP contribution in [0.25, 0.3) is 10.9 Å². The average Bonchev–Trinajstić information content (AvgIpc) is 2.83. The van der Waals surface area contributed by atoms with Gasteiger partial charge in [0, 0.05) is 18.7 Å². The summed E-state index contributed by atoms with van der Waals surface area (Å²) < 4.78 is 1.77. The molecule has 0 saturated carbocycles. The lowest BCUT2D eigenvalue weighted by Crippen LogP contribution is -2.42. The first-order valence-corrected chi connectivity index (χ1v) is 11.8. The van der Waals surface area contributed by atoms with E-state index in [-0.39, 0.29) is 17.5 Å². The summed E-state index contributed by atoms with van der Waals surface area (Å²) in [5.41, 5.74) is 2.07. The maximum Gasteiger partial charge on any atom is 0.262 e. The van der Waals surface area contributed by atoms with E-state index >= 15 is 0 Å². The molecular weight excluding hydrogens is 432 g/mol. The Kier molecular flexibility index (Phi) is 7.20.